The molecule has 1 nitrogen and oxygen atoms in total. The predicted octanol–water partition coefficient (Wildman–Crippen LogP) is 3.63. The fraction of sp³-hybridized carbons (Fsp3) is 0.929. The SMILES string of the molecule is [CH2]CCCCCN(CCCC)CCCC.[LiH]. The molecule has 0 N–H and O–H groups in total. The van der Waals surface area contributed by atoms with E-state index in [9.17, 15) is 0 Å². The number of nitrogens with zero attached hydrogens (tertiary/aromatic N) is 1. The maximum absolute atomic E-state index is 3.89. The van der Waals surface area contributed by atoms with Gasteiger partial charge in [-0.25, -0.2) is 0 Å². The third-order valence-corrected chi connectivity index (χ3v) is 2.88. The van der Waals surface area contributed by atoms with Gasteiger partial charge in [0.15, 0.2) is 0 Å². The van der Waals surface area contributed by atoms with Gasteiger partial charge in [-0.15, -0.1) is 0 Å². The van der Waals surface area contributed by atoms with Crippen LogP contribution in [0.15, 0.2) is 0 Å². The summed E-state index contributed by atoms with van der Waals surface area (Å²) in [5.74, 6) is 0. The molecule has 0 saturated carbocycles. The first-order chi connectivity index (χ1) is 7.35. The maximum atomic E-state index is 3.89. The van der Waals surface area contributed by atoms with E-state index in [1.165, 1.54) is 64.6 Å². The van der Waals surface area contributed by atoms with Crippen LogP contribution in [0.5, 0.6) is 0 Å². The van der Waals surface area contributed by atoms with E-state index in [1.54, 1.807) is 0 Å². The molecule has 0 aromatic rings. The molecule has 2 heteroatoms. The van der Waals surface area contributed by atoms with Gasteiger partial charge in [0, 0.05) is 0 Å². The molecular weight excluding hydrogens is 189 g/mol. The third-order valence-electron chi connectivity index (χ3n) is 2.88. The van der Waals surface area contributed by atoms with E-state index in [1.807, 2.05) is 0 Å². The zero-order chi connectivity index (χ0) is 11.4. The zero-order valence-corrected chi connectivity index (χ0v) is 10.9. The Kier molecular flexibility index (Phi) is 18.4. The summed E-state index contributed by atoms with van der Waals surface area (Å²) in [5.41, 5.74) is 0. The van der Waals surface area contributed by atoms with Crippen molar-refractivity contribution in [2.75, 3.05) is 19.6 Å². The molecule has 0 rings (SSSR count). The Balaban J connectivity index is 0. The van der Waals surface area contributed by atoms with Crippen molar-refractivity contribution >= 4 is 18.9 Å². The average molecular weight is 220 g/mol. The van der Waals surface area contributed by atoms with Crippen molar-refractivity contribution in [2.45, 2.75) is 65.2 Å². The summed E-state index contributed by atoms with van der Waals surface area (Å²) < 4.78 is 0. The van der Waals surface area contributed by atoms with Crippen molar-refractivity contribution < 1.29 is 0 Å². The van der Waals surface area contributed by atoms with Crippen LogP contribution in [0.2, 0.25) is 0 Å². The number of unbranched alkanes of at least 4 members (excludes halogenated alkanes) is 5. The second-order valence-electron chi connectivity index (χ2n) is 4.46. The van der Waals surface area contributed by atoms with E-state index in [0.29, 0.717) is 0 Å². The number of hydrogen-bond acceptors (Lipinski definition) is 1. The van der Waals surface area contributed by atoms with Crippen LogP contribution in [0.25, 0.3) is 0 Å². The molecule has 0 saturated heterocycles. The standard InChI is InChI=1S/C14H30N.Li.H/c1-4-7-10-11-14-15(12-8-5-2)13-9-6-3;;/h1,4-14H2,2-3H3;;. The van der Waals surface area contributed by atoms with Gasteiger partial charge in [-0.05, 0) is 38.9 Å². The van der Waals surface area contributed by atoms with Gasteiger partial charge in [0.1, 0.15) is 0 Å². The average Bonchev–Trinajstić information content (AvgIpc) is 2.27. The van der Waals surface area contributed by atoms with Crippen LogP contribution in [0.3, 0.4) is 0 Å². The van der Waals surface area contributed by atoms with Crippen molar-refractivity contribution in [2.24, 2.45) is 0 Å². The molecule has 0 fully saturated rings. The molecule has 0 aromatic carbocycles. The molecule has 0 aliphatic carbocycles. The van der Waals surface area contributed by atoms with E-state index < -0.39 is 0 Å². The molecule has 0 atom stereocenters. The van der Waals surface area contributed by atoms with Crippen molar-refractivity contribution in [3.63, 3.8) is 0 Å². The molecule has 1 radical (unpaired) electrons. The quantitative estimate of drug-likeness (QED) is 0.379. The fourth-order valence-electron chi connectivity index (χ4n) is 1.79. The minimum absolute atomic E-state index is 0. The molecule has 0 amide bonds. The summed E-state index contributed by atoms with van der Waals surface area (Å²) in [6, 6.07) is 0. The first kappa shape index (κ1) is 18.9. The van der Waals surface area contributed by atoms with Crippen LogP contribution in [0, 0.1) is 6.92 Å². The Morgan fingerprint density at radius 3 is 1.69 bits per heavy atom. The van der Waals surface area contributed by atoms with Gasteiger partial charge in [-0.1, -0.05) is 52.9 Å². The van der Waals surface area contributed by atoms with Crippen LogP contribution >= 0.6 is 0 Å². The first-order valence-corrected chi connectivity index (χ1v) is 6.86. The topological polar surface area (TPSA) is 3.24 Å². The van der Waals surface area contributed by atoms with Crippen molar-refractivity contribution in [1.82, 2.24) is 4.90 Å². The summed E-state index contributed by atoms with van der Waals surface area (Å²) in [4.78, 5) is 2.65. The van der Waals surface area contributed by atoms with Crippen LogP contribution in [0.1, 0.15) is 65.2 Å². The molecule has 16 heavy (non-hydrogen) atoms. The van der Waals surface area contributed by atoms with Crippen LogP contribution in [-0.4, -0.2) is 43.4 Å². The van der Waals surface area contributed by atoms with Gasteiger partial charge in [0.05, 0.1) is 0 Å². The third kappa shape index (κ3) is 12.6. The molecule has 0 spiro atoms. The van der Waals surface area contributed by atoms with Gasteiger partial charge in [0.25, 0.3) is 0 Å². The van der Waals surface area contributed by atoms with E-state index in [-0.39, 0.29) is 18.9 Å². The number of hydrogen-bond donors (Lipinski definition) is 0. The molecule has 0 heterocycles. The summed E-state index contributed by atoms with van der Waals surface area (Å²) in [5, 5.41) is 0. The molecule has 0 aliphatic heterocycles. The van der Waals surface area contributed by atoms with Crippen LogP contribution in [0.4, 0.5) is 0 Å². The first-order valence-electron chi connectivity index (χ1n) is 6.86. The predicted molar refractivity (Wildman–Crippen MR) is 77.2 cm³/mol. The molecule has 0 aromatic heterocycles. The van der Waals surface area contributed by atoms with Crippen LogP contribution in [-0.2, 0) is 0 Å². The van der Waals surface area contributed by atoms with E-state index in [4.69, 9.17) is 0 Å². The van der Waals surface area contributed by atoms with E-state index in [2.05, 4.69) is 25.7 Å². The van der Waals surface area contributed by atoms with E-state index in [0.717, 1.165) is 6.42 Å². The molecule has 0 aliphatic rings. The van der Waals surface area contributed by atoms with Crippen molar-refractivity contribution in [3.05, 3.63) is 6.92 Å². The van der Waals surface area contributed by atoms with Crippen molar-refractivity contribution in [1.29, 1.82) is 0 Å². The second-order valence-corrected chi connectivity index (χ2v) is 4.46. The zero-order valence-electron chi connectivity index (χ0n) is 10.9. The Bertz CT molecular complexity index is 109. The van der Waals surface area contributed by atoms with Gasteiger partial charge >= 0.3 is 18.9 Å². The second kappa shape index (κ2) is 15.6. The monoisotopic (exact) mass is 220 g/mol. The molecular formula is C14H31LiN. The molecule has 0 bridgehead atoms. The normalized spacial score (nSPS) is 10.5. The summed E-state index contributed by atoms with van der Waals surface area (Å²) in [6.07, 6.45) is 10.5. The van der Waals surface area contributed by atoms with Gasteiger partial charge in [-0.2, -0.15) is 0 Å². The van der Waals surface area contributed by atoms with Crippen molar-refractivity contribution in [3.8, 4) is 0 Å². The van der Waals surface area contributed by atoms with Crippen LogP contribution < -0.4 is 0 Å². The molecule has 0 unspecified atom stereocenters. The Morgan fingerprint density at radius 2 is 1.25 bits per heavy atom. The minimum atomic E-state index is 0. The Labute approximate surface area is 116 Å². The van der Waals surface area contributed by atoms with Gasteiger partial charge in [0.2, 0.25) is 0 Å². The summed E-state index contributed by atoms with van der Waals surface area (Å²) in [6.45, 7) is 12.4. The number of rotatable bonds is 11. The fourth-order valence-corrected chi connectivity index (χ4v) is 1.79. The van der Waals surface area contributed by atoms with E-state index >= 15 is 0 Å². The van der Waals surface area contributed by atoms with Gasteiger partial charge in [-0.3, -0.25) is 0 Å². The summed E-state index contributed by atoms with van der Waals surface area (Å²) >= 11 is 0. The Morgan fingerprint density at radius 1 is 0.750 bits per heavy atom. The Hall–Kier alpha value is 0.557. The summed E-state index contributed by atoms with van der Waals surface area (Å²) in [7, 11) is 0. The van der Waals surface area contributed by atoms with Gasteiger partial charge < -0.3 is 4.90 Å². The molecule has 93 valence electrons.